The molecule has 0 fully saturated rings. The number of rotatable bonds is 8. The van der Waals surface area contributed by atoms with E-state index in [0.29, 0.717) is 0 Å². The Kier molecular flexibility index (Phi) is 9.48. The third-order valence-corrected chi connectivity index (χ3v) is 13.9. The molecule has 1 unspecified atom stereocenters. The number of benzene rings is 9. The minimum absolute atomic E-state index is 0.263. The van der Waals surface area contributed by atoms with E-state index in [0.717, 1.165) is 54.2 Å². The maximum absolute atomic E-state index is 2.55. The van der Waals surface area contributed by atoms with Crippen molar-refractivity contribution in [3.63, 3.8) is 0 Å². The monoisotopic (exact) mass is 823 g/mol. The first-order chi connectivity index (χ1) is 31.7. The van der Waals surface area contributed by atoms with Gasteiger partial charge in [-0.2, -0.15) is 0 Å². The molecule has 0 saturated heterocycles. The number of para-hydroxylation sites is 6. The maximum Gasteiger partial charge on any atom is 0.0703 e. The molecule has 0 amide bonds. The van der Waals surface area contributed by atoms with Gasteiger partial charge in [0.15, 0.2) is 0 Å². The Labute approximate surface area is 376 Å². The van der Waals surface area contributed by atoms with Gasteiger partial charge in [-0.15, -0.1) is 0 Å². The van der Waals surface area contributed by atoms with Gasteiger partial charge in [0.05, 0.1) is 28.4 Å². The Balaban J connectivity index is 0.921. The second-order valence-electron chi connectivity index (χ2n) is 17.4. The number of aryl methyl sites for hydroxylation is 2. The zero-order chi connectivity index (χ0) is 42.6. The summed E-state index contributed by atoms with van der Waals surface area (Å²) in [5.41, 5.74) is 21.9. The lowest BCUT2D eigenvalue weighted by Gasteiger charge is -2.40. The molecule has 9 aromatic carbocycles. The van der Waals surface area contributed by atoms with Gasteiger partial charge in [0.2, 0.25) is 0 Å². The van der Waals surface area contributed by atoms with Gasteiger partial charge in [-0.25, -0.2) is 0 Å². The van der Waals surface area contributed by atoms with Crippen LogP contribution in [0.5, 0.6) is 0 Å². The van der Waals surface area contributed by atoms with Gasteiger partial charge in [-0.1, -0.05) is 159 Å². The van der Waals surface area contributed by atoms with Crippen molar-refractivity contribution >= 4 is 68.4 Å². The second-order valence-corrected chi connectivity index (χ2v) is 17.4. The van der Waals surface area contributed by atoms with Crippen molar-refractivity contribution in [3.8, 4) is 11.1 Å². The first-order valence-corrected chi connectivity index (χ1v) is 23.0. The lowest BCUT2D eigenvalue weighted by atomic mass is 9.87. The fraction of sp³-hybridized carbons (Fsp3) is 0.115. The standard InChI is InChI=1S/C61H49N3/c1-2-43-17-6-7-19-46(43)40-54-53-39-42(31-35-50(53)51-36-34-48(41-55(51)54)62-38-16-20-45-18-8-11-25-56(45)62)30-32-44-33-37-57(52-24-10-9-23-49(44)52)64-60-28-14-12-26-58(60)63(47-21-4-3-5-22-47)59-27-13-15-29-61(59)64/h3-15,17-19,21-37,39,41,54H,2,16,20,38,40H2,1H3/b32-30+. The van der Waals surface area contributed by atoms with Gasteiger partial charge >= 0.3 is 0 Å². The summed E-state index contributed by atoms with van der Waals surface area (Å²) in [6.07, 6.45) is 8.97. The quantitative estimate of drug-likeness (QED) is 0.141. The first-order valence-electron chi connectivity index (χ1n) is 23.0. The molecule has 0 N–H and O–H groups in total. The number of fused-ring (bicyclic) bond motifs is 7. The van der Waals surface area contributed by atoms with Gasteiger partial charge in [0, 0.05) is 34.9 Å². The summed E-state index contributed by atoms with van der Waals surface area (Å²) >= 11 is 0. The van der Waals surface area contributed by atoms with Crippen LogP contribution < -0.4 is 14.7 Å². The number of anilines is 8. The smallest absolute Gasteiger partial charge is 0.0703 e. The van der Waals surface area contributed by atoms with Gasteiger partial charge < -0.3 is 14.7 Å². The molecule has 0 radical (unpaired) electrons. The molecule has 2 heterocycles. The highest BCUT2D eigenvalue weighted by molar-refractivity contribution is 6.09. The van der Waals surface area contributed by atoms with Crippen molar-refractivity contribution in [2.24, 2.45) is 0 Å². The van der Waals surface area contributed by atoms with Crippen molar-refractivity contribution in [3.05, 3.63) is 239 Å². The molecule has 3 heteroatoms. The van der Waals surface area contributed by atoms with Gasteiger partial charge in [0.25, 0.3) is 0 Å². The largest absolute Gasteiger partial charge is 0.341 e. The average Bonchev–Trinajstić information content (AvgIpc) is 3.66. The summed E-state index contributed by atoms with van der Waals surface area (Å²) in [5, 5.41) is 2.44. The van der Waals surface area contributed by atoms with E-state index >= 15 is 0 Å². The molecule has 0 aromatic heterocycles. The van der Waals surface area contributed by atoms with Gasteiger partial charge in [-0.3, -0.25) is 0 Å². The minimum atomic E-state index is 0.263. The van der Waals surface area contributed by atoms with Crippen LogP contribution in [0.4, 0.5) is 45.5 Å². The van der Waals surface area contributed by atoms with Crippen molar-refractivity contribution < 1.29 is 0 Å². The van der Waals surface area contributed by atoms with Crippen LogP contribution >= 0.6 is 0 Å². The van der Waals surface area contributed by atoms with Crippen molar-refractivity contribution in [2.45, 2.75) is 38.5 Å². The van der Waals surface area contributed by atoms with E-state index in [2.05, 4.69) is 234 Å². The molecule has 2 aliphatic heterocycles. The zero-order valence-electron chi connectivity index (χ0n) is 36.2. The van der Waals surface area contributed by atoms with E-state index in [1.165, 1.54) is 84.3 Å². The first kappa shape index (κ1) is 38.1. The van der Waals surface area contributed by atoms with E-state index in [4.69, 9.17) is 0 Å². The van der Waals surface area contributed by atoms with E-state index in [-0.39, 0.29) is 5.92 Å². The maximum atomic E-state index is 2.55. The fourth-order valence-electron chi connectivity index (χ4n) is 10.9. The van der Waals surface area contributed by atoms with Crippen LogP contribution in [0, 0.1) is 0 Å². The van der Waals surface area contributed by atoms with E-state index in [1.807, 2.05) is 0 Å². The topological polar surface area (TPSA) is 9.72 Å². The molecule has 0 saturated carbocycles. The third-order valence-electron chi connectivity index (χ3n) is 13.9. The zero-order valence-corrected chi connectivity index (χ0v) is 36.2. The predicted molar refractivity (Wildman–Crippen MR) is 271 cm³/mol. The number of nitrogens with zero attached hydrogens (tertiary/aromatic N) is 3. The molecular formula is C61H49N3. The highest BCUT2D eigenvalue weighted by atomic mass is 15.3. The Hall–Kier alpha value is -7.62. The number of hydrogen-bond donors (Lipinski definition) is 0. The number of hydrogen-bond acceptors (Lipinski definition) is 3. The van der Waals surface area contributed by atoms with Crippen LogP contribution in [0.3, 0.4) is 0 Å². The molecule has 308 valence electrons. The van der Waals surface area contributed by atoms with Crippen LogP contribution in [0.15, 0.2) is 200 Å². The molecule has 1 aliphatic carbocycles. The van der Waals surface area contributed by atoms with E-state index in [1.54, 1.807) is 0 Å². The van der Waals surface area contributed by atoms with Crippen LogP contribution in [-0.4, -0.2) is 6.54 Å². The highest BCUT2D eigenvalue weighted by Crippen LogP contribution is 2.55. The molecule has 1 atom stereocenters. The summed E-state index contributed by atoms with van der Waals surface area (Å²) in [5.74, 6) is 0.263. The SMILES string of the molecule is CCc1ccccc1CC1c2cc(/C=C/c3ccc(N4c5ccccc5N(c5ccccc5)c5ccccc54)c4ccccc34)ccc2-c2ccc(N3CCCc4ccccc43)cc21. The van der Waals surface area contributed by atoms with Crippen LogP contribution in [0.1, 0.15) is 58.2 Å². The lowest BCUT2D eigenvalue weighted by Crippen LogP contribution is -2.24. The Bertz CT molecular complexity index is 3210. The Morgan fingerprint density at radius 1 is 0.469 bits per heavy atom. The van der Waals surface area contributed by atoms with Crippen molar-refractivity contribution in [1.29, 1.82) is 0 Å². The van der Waals surface area contributed by atoms with Crippen LogP contribution in [0.2, 0.25) is 0 Å². The summed E-state index contributed by atoms with van der Waals surface area (Å²) in [6.45, 7) is 3.33. The predicted octanol–water partition coefficient (Wildman–Crippen LogP) is 16.3. The summed E-state index contributed by atoms with van der Waals surface area (Å²) < 4.78 is 0. The van der Waals surface area contributed by atoms with Crippen molar-refractivity contribution in [2.75, 3.05) is 21.2 Å². The van der Waals surface area contributed by atoms with Crippen molar-refractivity contribution in [1.82, 2.24) is 0 Å². The molecular weight excluding hydrogens is 775 g/mol. The molecule has 12 rings (SSSR count). The average molecular weight is 824 g/mol. The summed E-state index contributed by atoms with van der Waals surface area (Å²) in [7, 11) is 0. The molecule has 9 aromatic rings. The van der Waals surface area contributed by atoms with E-state index < -0.39 is 0 Å². The normalized spacial score (nSPS) is 14.9. The van der Waals surface area contributed by atoms with Crippen LogP contribution in [0.25, 0.3) is 34.1 Å². The molecule has 3 aliphatic rings. The highest BCUT2D eigenvalue weighted by Gasteiger charge is 2.33. The minimum Gasteiger partial charge on any atom is -0.341 e. The third kappa shape index (κ3) is 6.42. The lowest BCUT2D eigenvalue weighted by molar-refractivity contribution is 0.764. The van der Waals surface area contributed by atoms with Gasteiger partial charge in [0.1, 0.15) is 0 Å². The Morgan fingerprint density at radius 3 is 1.83 bits per heavy atom. The molecule has 0 spiro atoms. The second kappa shape index (κ2) is 15.9. The fourth-order valence-corrected chi connectivity index (χ4v) is 10.9. The molecule has 64 heavy (non-hydrogen) atoms. The molecule has 0 bridgehead atoms. The van der Waals surface area contributed by atoms with Crippen LogP contribution in [-0.2, 0) is 19.3 Å². The Morgan fingerprint density at radius 2 is 1.08 bits per heavy atom. The summed E-state index contributed by atoms with van der Waals surface area (Å²) in [6, 6.07) is 74.2. The van der Waals surface area contributed by atoms with E-state index in [9.17, 15) is 0 Å². The summed E-state index contributed by atoms with van der Waals surface area (Å²) in [4.78, 5) is 7.38. The van der Waals surface area contributed by atoms with Gasteiger partial charge in [-0.05, 0) is 142 Å². The molecule has 3 nitrogen and oxygen atoms in total.